The van der Waals surface area contributed by atoms with Gasteiger partial charge in [-0.2, -0.15) is 0 Å². The van der Waals surface area contributed by atoms with Gasteiger partial charge < -0.3 is 4.74 Å². The molecular weight excluding hydrogens is 352 g/mol. The van der Waals surface area contributed by atoms with Gasteiger partial charge in [-0.25, -0.2) is 4.79 Å². The molecule has 0 amide bonds. The van der Waals surface area contributed by atoms with Crippen LogP contribution in [-0.4, -0.2) is 11.7 Å². The maximum Gasteiger partial charge on any atom is 0.343 e. The number of benzene rings is 2. The Balaban J connectivity index is 1.79. The molecule has 0 saturated carbocycles. The molecule has 146 valence electrons. The van der Waals surface area contributed by atoms with E-state index in [0.29, 0.717) is 11.3 Å². The van der Waals surface area contributed by atoms with E-state index < -0.39 is 0 Å². The number of unbranched alkanes of at least 4 members (excludes halogenated alkanes) is 5. The van der Waals surface area contributed by atoms with Gasteiger partial charge >= 0.3 is 5.97 Å². The number of carbonyl (C=O) groups excluding carboxylic acids is 1. The molecule has 0 atom stereocenters. The molecular formula is C24H32O2S. The third kappa shape index (κ3) is 8.21. The van der Waals surface area contributed by atoms with E-state index in [1.54, 1.807) is 0 Å². The predicted molar refractivity (Wildman–Crippen MR) is 116 cm³/mol. The number of esters is 1. The number of hydrogen-bond donors (Lipinski definition) is 0. The predicted octanol–water partition coefficient (Wildman–Crippen LogP) is 7.31. The lowest BCUT2D eigenvalue weighted by Gasteiger charge is -2.07. The van der Waals surface area contributed by atoms with E-state index in [4.69, 9.17) is 4.74 Å². The molecule has 2 aromatic carbocycles. The van der Waals surface area contributed by atoms with Gasteiger partial charge in [0.2, 0.25) is 0 Å². The number of rotatable bonds is 12. The number of hydrogen-bond acceptors (Lipinski definition) is 3. The van der Waals surface area contributed by atoms with Gasteiger partial charge in [0.1, 0.15) is 5.75 Å². The van der Waals surface area contributed by atoms with Crippen LogP contribution < -0.4 is 4.74 Å². The summed E-state index contributed by atoms with van der Waals surface area (Å²) in [6.07, 6.45) is 9.92. The minimum absolute atomic E-state index is 0.295. The van der Waals surface area contributed by atoms with Gasteiger partial charge in [0, 0.05) is 4.90 Å². The lowest BCUT2D eigenvalue weighted by Crippen LogP contribution is -2.08. The fraction of sp³-hybridized carbons (Fsp3) is 0.458. The van der Waals surface area contributed by atoms with Crippen LogP contribution in [0.15, 0.2) is 53.4 Å². The molecule has 0 aliphatic heterocycles. The van der Waals surface area contributed by atoms with Crippen molar-refractivity contribution in [2.24, 2.45) is 0 Å². The summed E-state index contributed by atoms with van der Waals surface area (Å²) in [5.41, 5.74) is 1.89. The van der Waals surface area contributed by atoms with Crippen molar-refractivity contribution in [3.63, 3.8) is 0 Å². The molecule has 2 aromatic rings. The van der Waals surface area contributed by atoms with Gasteiger partial charge in [-0.1, -0.05) is 58.1 Å². The number of ether oxygens (including phenoxy) is 1. The topological polar surface area (TPSA) is 26.3 Å². The lowest BCUT2D eigenvalue weighted by molar-refractivity contribution is 0.0734. The first-order chi connectivity index (χ1) is 13.2. The van der Waals surface area contributed by atoms with Gasteiger partial charge in [-0.15, -0.1) is 11.8 Å². The second-order valence-electron chi connectivity index (χ2n) is 6.92. The van der Waals surface area contributed by atoms with Crippen molar-refractivity contribution in [2.45, 2.75) is 70.1 Å². The zero-order chi connectivity index (χ0) is 19.3. The Labute approximate surface area is 168 Å². The first kappa shape index (κ1) is 21.6. The monoisotopic (exact) mass is 384 g/mol. The molecule has 2 rings (SSSR count). The average molecular weight is 385 g/mol. The fourth-order valence-electron chi connectivity index (χ4n) is 2.84. The van der Waals surface area contributed by atoms with Crippen molar-refractivity contribution >= 4 is 17.7 Å². The molecule has 2 nitrogen and oxygen atoms in total. The SMILES string of the molecule is CCCCCCCc1ccc(C(=O)Oc2ccc(SCCCC)cc2)cc1. The minimum atomic E-state index is -0.295. The normalized spacial score (nSPS) is 10.7. The zero-order valence-corrected chi connectivity index (χ0v) is 17.5. The van der Waals surface area contributed by atoms with Crippen molar-refractivity contribution < 1.29 is 9.53 Å². The molecule has 0 N–H and O–H groups in total. The van der Waals surface area contributed by atoms with Gasteiger partial charge in [0.25, 0.3) is 0 Å². The highest BCUT2D eigenvalue weighted by Crippen LogP contribution is 2.23. The molecule has 0 aromatic heterocycles. The van der Waals surface area contributed by atoms with Crippen LogP contribution in [0, 0.1) is 0 Å². The summed E-state index contributed by atoms with van der Waals surface area (Å²) in [6.45, 7) is 4.43. The zero-order valence-electron chi connectivity index (χ0n) is 16.7. The highest BCUT2D eigenvalue weighted by atomic mass is 32.2. The molecule has 0 spiro atoms. The summed E-state index contributed by atoms with van der Waals surface area (Å²) in [5, 5.41) is 0. The average Bonchev–Trinajstić information content (AvgIpc) is 2.70. The van der Waals surface area contributed by atoms with Crippen LogP contribution in [0.25, 0.3) is 0 Å². The van der Waals surface area contributed by atoms with Crippen molar-refractivity contribution in [2.75, 3.05) is 5.75 Å². The number of thioether (sulfide) groups is 1. The van der Waals surface area contributed by atoms with Crippen molar-refractivity contribution in [3.05, 3.63) is 59.7 Å². The first-order valence-electron chi connectivity index (χ1n) is 10.3. The van der Waals surface area contributed by atoms with Crippen LogP contribution in [0.5, 0.6) is 5.75 Å². The third-order valence-electron chi connectivity index (χ3n) is 4.56. The lowest BCUT2D eigenvalue weighted by atomic mass is 10.0. The van der Waals surface area contributed by atoms with Crippen LogP contribution in [0.2, 0.25) is 0 Å². The highest BCUT2D eigenvalue weighted by molar-refractivity contribution is 7.99. The van der Waals surface area contributed by atoms with E-state index in [1.807, 2.05) is 60.3 Å². The summed E-state index contributed by atoms with van der Waals surface area (Å²) >= 11 is 1.84. The van der Waals surface area contributed by atoms with Gasteiger partial charge in [0.15, 0.2) is 0 Å². The van der Waals surface area contributed by atoms with E-state index in [2.05, 4.69) is 13.8 Å². The molecule has 0 unspecified atom stereocenters. The molecule has 0 fully saturated rings. The smallest absolute Gasteiger partial charge is 0.343 e. The van der Waals surface area contributed by atoms with E-state index in [1.165, 1.54) is 55.4 Å². The molecule has 0 aliphatic carbocycles. The summed E-state index contributed by atoms with van der Waals surface area (Å²) in [7, 11) is 0. The van der Waals surface area contributed by atoms with Crippen LogP contribution in [-0.2, 0) is 6.42 Å². The Morgan fingerprint density at radius 2 is 1.48 bits per heavy atom. The molecule has 0 aliphatic rings. The van der Waals surface area contributed by atoms with E-state index in [0.717, 1.165) is 12.2 Å². The summed E-state index contributed by atoms with van der Waals surface area (Å²) in [6, 6.07) is 15.6. The summed E-state index contributed by atoms with van der Waals surface area (Å²) < 4.78 is 5.50. The van der Waals surface area contributed by atoms with E-state index >= 15 is 0 Å². The first-order valence-corrected chi connectivity index (χ1v) is 11.3. The van der Waals surface area contributed by atoms with Gasteiger partial charge in [0.05, 0.1) is 5.56 Å². The molecule has 27 heavy (non-hydrogen) atoms. The van der Waals surface area contributed by atoms with Crippen LogP contribution in [0.3, 0.4) is 0 Å². The van der Waals surface area contributed by atoms with Crippen LogP contribution >= 0.6 is 11.8 Å². The van der Waals surface area contributed by atoms with Crippen molar-refractivity contribution in [1.29, 1.82) is 0 Å². The highest BCUT2D eigenvalue weighted by Gasteiger charge is 2.08. The van der Waals surface area contributed by atoms with E-state index in [-0.39, 0.29) is 5.97 Å². The fourth-order valence-corrected chi connectivity index (χ4v) is 3.84. The molecule has 3 heteroatoms. The summed E-state index contributed by atoms with van der Waals surface area (Å²) in [5.74, 6) is 1.43. The van der Waals surface area contributed by atoms with Crippen LogP contribution in [0.4, 0.5) is 0 Å². The quantitative estimate of drug-likeness (QED) is 0.166. The number of carbonyl (C=O) groups is 1. The second kappa shape index (κ2) is 12.6. The molecule has 0 bridgehead atoms. The second-order valence-corrected chi connectivity index (χ2v) is 8.09. The molecule has 0 saturated heterocycles. The minimum Gasteiger partial charge on any atom is -0.423 e. The van der Waals surface area contributed by atoms with Crippen LogP contribution in [0.1, 0.15) is 74.7 Å². The Morgan fingerprint density at radius 1 is 0.815 bits per heavy atom. The maximum absolute atomic E-state index is 12.3. The summed E-state index contributed by atoms with van der Waals surface area (Å²) in [4.78, 5) is 13.5. The Morgan fingerprint density at radius 3 is 2.15 bits per heavy atom. The molecule has 0 radical (unpaired) electrons. The Bertz CT molecular complexity index is 662. The largest absolute Gasteiger partial charge is 0.423 e. The number of aryl methyl sites for hydroxylation is 1. The van der Waals surface area contributed by atoms with Gasteiger partial charge in [-0.3, -0.25) is 0 Å². The van der Waals surface area contributed by atoms with Crippen molar-refractivity contribution in [3.8, 4) is 5.75 Å². The van der Waals surface area contributed by atoms with E-state index in [9.17, 15) is 4.79 Å². The molecule has 0 heterocycles. The Hall–Kier alpha value is -1.74. The Kier molecular flexibility index (Phi) is 10.1. The maximum atomic E-state index is 12.3. The third-order valence-corrected chi connectivity index (χ3v) is 5.66. The van der Waals surface area contributed by atoms with Crippen molar-refractivity contribution in [1.82, 2.24) is 0 Å². The standard InChI is InChI=1S/C24H32O2S/c1-3-5-7-8-9-10-20-11-13-21(14-12-20)24(25)26-22-15-17-23(18-16-22)27-19-6-4-2/h11-18H,3-10,19H2,1-2H3. The van der Waals surface area contributed by atoms with Gasteiger partial charge in [-0.05, 0) is 67.0 Å².